The van der Waals surface area contributed by atoms with Crippen LogP contribution in [0.5, 0.6) is 0 Å². The summed E-state index contributed by atoms with van der Waals surface area (Å²) in [7, 11) is 0. The van der Waals surface area contributed by atoms with Gasteiger partial charge in [-0.2, -0.15) is 0 Å². The Hall–Kier alpha value is -2.70. The molecule has 7 heteroatoms. The standard InChI is InChI=1S/C15H16FN3O3/c1-10-8-13(19-22-10)18-14(20)6-7-17-15(21)9-11-2-4-12(16)5-3-11/h2-5,8H,6-7,9H2,1H3,(H,17,21)(H,18,19,20). The molecule has 2 N–H and O–H groups in total. The van der Waals surface area contributed by atoms with Gasteiger partial charge in [0.1, 0.15) is 11.6 Å². The molecule has 0 saturated carbocycles. The quantitative estimate of drug-likeness (QED) is 0.852. The molecule has 0 bridgehead atoms. The van der Waals surface area contributed by atoms with Crippen molar-refractivity contribution in [2.45, 2.75) is 19.8 Å². The number of amides is 2. The molecule has 1 heterocycles. The van der Waals surface area contributed by atoms with Crippen LogP contribution in [-0.4, -0.2) is 23.5 Å². The van der Waals surface area contributed by atoms with Crippen molar-refractivity contribution in [1.82, 2.24) is 10.5 Å². The van der Waals surface area contributed by atoms with Gasteiger partial charge in [0.15, 0.2) is 5.82 Å². The predicted octanol–water partition coefficient (Wildman–Crippen LogP) is 1.81. The zero-order valence-electron chi connectivity index (χ0n) is 12.1. The molecule has 22 heavy (non-hydrogen) atoms. The lowest BCUT2D eigenvalue weighted by atomic mass is 10.1. The zero-order chi connectivity index (χ0) is 15.9. The number of nitrogens with one attached hydrogen (secondary N) is 2. The predicted molar refractivity (Wildman–Crippen MR) is 77.6 cm³/mol. The number of anilines is 1. The first kappa shape index (κ1) is 15.7. The van der Waals surface area contributed by atoms with Gasteiger partial charge >= 0.3 is 0 Å². The molecule has 0 spiro atoms. The molecule has 6 nitrogen and oxygen atoms in total. The average molecular weight is 305 g/mol. The monoisotopic (exact) mass is 305 g/mol. The highest BCUT2D eigenvalue weighted by Gasteiger charge is 2.08. The summed E-state index contributed by atoms with van der Waals surface area (Å²) in [5, 5.41) is 8.82. The van der Waals surface area contributed by atoms with Crippen LogP contribution >= 0.6 is 0 Å². The van der Waals surface area contributed by atoms with Crippen LogP contribution in [0.1, 0.15) is 17.7 Å². The number of nitrogens with zero attached hydrogens (tertiary/aromatic N) is 1. The van der Waals surface area contributed by atoms with Crippen molar-refractivity contribution in [1.29, 1.82) is 0 Å². The molecule has 116 valence electrons. The molecule has 2 amide bonds. The molecular formula is C15H16FN3O3. The Bertz CT molecular complexity index is 652. The van der Waals surface area contributed by atoms with E-state index in [4.69, 9.17) is 4.52 Å². The van der Waals surface area contributed by atoms with E-state index in [1.165, 1.54) is 12.1 Å². The van der Waals surface area contributed by atoms with E-state index in [9.17, 15) is 14.0 Å². The molecule has 0 aliphatic rings. The minimum Gasteiger partial charge on any atom is -0.360 e. The van der Waals surface area contributed by atoms with E-state index in [1.807, 2.05) is 0 Å². The van der Waals surface area contributed by atoms with E-state index in [-0.39, 0.29) is 37.0 Å². The first-order chi connectivity index (χ1) is 10.5. The Kier molecular flexibility index (Phi) is 5.24. The van der Waals surface area contributed by atoms with Crippen LogP contribution in [0.3, 0.4) is 0 Å². The fraction of sp³-hybridized carbons (Fsp3) is 0.267. The van der Waals surface area contributed by atoms with E-state index in [1.54, 1.807) is 25.1 Å². The molecule has 0 aliphatic heterocycles. The van der Waals surface area contributed by atoms with Gasteiger partial charge < -0.3 is 15.2 Å². The molecule has 1 aromatic heterocycles. The summed E-state index contributed by atoms with van der Waals surface area (Å²) < 4.78 is 17.6. The fourth-order valence-corrected chi connectivity index (χ4v) is 1.80. The number of hydrogen-bond donors (Lipinski definition) is 2. The second-order valence-corrected chi connectivity index (χ2v) is 4.77. The number of rotatable bonds is 6. The lowest BCUT2D eigenvalue weighted by molar-refractivity contribution is -0.120. The van der Waals surface area contributed by atoms with Crippen molar-refractivity contribution in [3.05, 3.63) is 47.5 Å². The second-order valence-electron chi connectivity index (χ2n) is 4.77. The summed E-state index contributed by atoms with van der Waals surface area (Å²) in [6.45, 7) is 1.93. The van der Waals surface area contributed by atoms with Crippen LogP contribution in [-0.2, 0) is 16.0 Å². The summed E-state index contributed by atoms with van der Waals surface area (Å²) in [5.41, 5.74) is 0.710. The topological polar surface area (TPSA) is 84.2 Å². The van der Waals surface area contributed by atoms with Crippen molar-refractivity contribution in [3.63, 3.8) is 0 Å². The lowest BCUT2D eigenvalue weighted by Crippen LogP contribution is -2.28. The number of hydrogen-bond acceptors (Lipinski definition) is 4. The minimum atomic E-state index is -0.344. The highest BCUT2D eigenvalue weighted by molar-refractivity contribution is 5.90. The average Bonchev–Trinajstić information content (AvgIpc) is 2.86. The van der Waals surface area contributed by atoms with Crippen molar-refractivity contribution in [2.75, 3.05) is 11.9 Å². The van der Waals surface area contributed by atoms with Gasteiger partial charge in [-0.3, -0.25) is 9.59 Å². The molecule has 0 fully saturated rings. The minimum absolute atomic E-state index is 0.126. The lowest BCUT2D eigenvalue weighted by Gasteiger charge is -2.05. The van der Waals surface area contributed by atoms with Gasteiger partial charge in [0, 0.05) is 19.0 Å². The maximum atomic E-state index is 12.7. The number of carbonyl (C=O) groups is 2. The van der Waals surface area contributed by atoms with Gasteiger partial charge in [-0.25, -0.2) is 4.39 Å². The van der Waals surface area contributed by atoms with E-state index in [2.05, 4.69) is 15.8 Å². The number of halogens is 1. The molecular weight excluding hydrogens is 289 g/mol. The second kappa shape index (κ2) is 7.35. The highest BCUT2D eigenvalue weighted by atomic mass is 19.1. The Morgan fingerprint density at radius 1 is 1.23 bits per heavy atom. The number of aromatic nitrogens is 1. The molecule has 2 aromatic rings. The van der Waals surface area contributed by atoms with Crippen LogP contribution in [0.25, 0.3) is 0 Å². The SMILES string of the molecule is Cc1cc(NC(=O)CCNC(=O)Cc2ccc(F)cc2)no1. The maximum absolute atomic E-state index is 12.7. The summed E-state index contributed by atoms with van der Waals surface area (Å²) in [6.07, 6.45) is 0.269. The Labute approximate surface area is 126 Å². The van der Waals surface area contributed by atoms with Gasteiger partial charge in [-0.1, -0.05) is 17.3 Å². The Balaban J connectivity index is 1.68. The van der Waals surface area contributed by atoms with Gasteiger partial charge in [0.2, 0.25) is 11.8 Å². The van der Waals surface area contributed by atoms with Gasteiger partial charge in [0.25, 0.3) is 0 Å². The van der Waals surface area contributed by atoms with Gasteiger partial charge in [-0.15, -0.1) is 0 Å². The van der Waals surface area contributed by atoms with E-state index >= 15 is 0 Å². The third-order valence-electron chi connectivity index (χ3n) is 2.85. The highest BCUT2D eigenvalue weighted by Crippen LogP contribution is 2.07. The Morgan fingerprint density at radius 2 is 1.95 bits per heavy atom. The third kappa shape index (κ3) is 5.01. The zero-order valence-corrected chi connectivity index (χ0v) is 12.1. The van der Waals surface area contributed by atoms with Gasteiger partial charge in [-0.05, 0) is 24.6 Å². The third-order valence-corrected chi connectivity index (χ3v) is 2.85. The van der Waals surface area contributed by atoms with Crippen LogP contribution in [0.2, 0.25) is 0 Å². The summed E-state index contributed by atoms with van der Waals surface area (Å²) >= 11 is 0. The van der Waals surface area contributed by atoms with Crippen molar-refractivity contribution < 1.29 is 18.5 Å². The van der Waals surface area contributed by atoms with Crippen molar-refractivity contribution >= 4 is 17.6 Å². The van der Waals surface area contributed by atoms with Gasteiger partial charge in [0.05, 0.1) is 6.42 Å². The number of benzene rings is 1. The molecule has 0 radical (unpaired) electrons. The van der Waals surface area contributed by atoms with Crippen LogP contribution in [0.15, 0.2) is 34.9 Å². The van der Waals surface area contributed by atoms with Crippen molar-refractivity contribution in [3.8, 4) is 0 Å². The van der Waals surface area contributed by atoms with Crippen LogP contribution in [0.4, 0.5) is 10.2 Å². The number of carbonyl (C=O) groups excluding carboxylic acids is 2. The molecule has 0 aliphatic carbocycles. The summed E-state index contributed by atoms with van der Waals surface area (Å²) in [6, 6.07) is 7.31. The largest absolute Gasteiger partial charge is 0.360 e. The molecule has 0 atom stereocenters. The van der Waals surface area contributed by atoms with E-state index < -0.39 is 0 Å². The summed E-state index contributed by atoms with van der Waals surface area (Å²) in [5.74, 6) is 0.110. The summed E-state index contributed by atoms with van der Waals surface area (Å²) in [4.78, 5) is 23.3. The normalized spacial score (nSPS) is 10.3. The van der Waals surface area contributed by atoms with E-state index in [0.717, 1.165) is 0 Å². The smallest absolute Gasteiger partial charge is 0.227 e. The first-order valence-electron chi connectivity index (χ1n) is 6.77. The Morgan fingerprint density at radius 3 is 2.59 bits per heavy atom. The molecule has 1 aromatic carbocycles. The number of aryl methyl sites for hydroxylation is 1. The van der Waals surface area contributed by atoms with Crippen LogP contribution < -0.4 is 10.6 Å². The fourth-order valence-electron chi connectivity index (χ4n) is 1.80. The van der Waals surface area contributed by atoms with E-state index in [0.29, 0.717) is 17.1 Å². The first-order valence-corrected chi connectivity index (χ1v) is 6.77. The van der Waals surface area contributed by atoms with Crippen LogP contribution in [0, 0.1) is 12.7 Å². The molecule has 0 saturated heterocycles. The molecule has 0 unspecified atom stereocenters. The maximum Gasteiger partial charge on any atom is 0.227 e. The molecule has 2 rings (SSSR count). The van der Waals surface area contributed by atoms with Crippen molar-refractivity contribution in [2.24, 2.45) is 0 Å².